The van der Waals surface area contributed by atoms with Crippen molar-refractivity contribution in [3.05, 3.63) is 18.2 Å². The van der Waals surface area contributed by atoms with E-state index in [1.807, 2.05) is 6.33 Å². The minimum atomic E-state index is 0.450. The maximum absolute atomic E-state index is 4.56. The Morgan fingerprint density at radius 1 is 1.44 bits per heavy atom. The lowest BCUT2D eigenvalue weighted by atomic mass is 9.76. The predicted molar refractivity (Wildman–Crippen MR) is 75.4 cm³/mol. The number of hydrogen-bond donors (Lipinski definition) is 1. The van der Waals surface area contributed by atoms with Gasteiger partial charge in [-0.25, -0.2) is 4.98 Å². The summed E-state index contributed by atoms with van der Waals surface area (Å²) in [7, 11) is 2.05. The highest BCUT2D eigenvalue weighted by Crippen LogP contribution is 2.37. The van der Waals surface area contributed by atoms with Gasteiger partial charge in [0.2, 0.25) is 0 Å². The Hall–Kier alpha value is -0.830. The summed E-state index contributed by atoms with van der Waals surface area (Å²) in [5.74, 6) is 1.69. The normalized spacial score (nSPS) is 26.2. The Balaban J connectivity index is 2.09. The van der Waals surface area contributed by atoms with Crippen LogP contribution in [0.15, 0.2) is 12.5 Å². The van der Waals surface area contributed by atoms with E-state index in [-0.39, 0.29) is 0 Å². The number of hydrogen-bond acceptors (Lipinski definition) is 2. The molecule has 3 nitrogen and oxygen atoms in total. The lowest BCUT2D eigenvalue weighted by molar-refractivity contribution is 0.208. The van der Waals surface area contributed by atoms with Crippen LogP contribution in [-0.4, -0.2) is 16.1 Å². The van der Waals surface area contributed by atoms with Gasteiger partial charge in [0.25, 0.3) is 0 Å². The SMILES string of the molecule is CCNC(c1cn(C)cn1)C1CCCC(CC)C1. The zero-order chi connectivity index (χ0) is 13.0. The van der Waals surface area contributed by atoms with Gasteiger partial charge in [0.05, 0.1) is 18.1 Å². The molecule has 0 spiro atoms. The first-order chi connectivity index (χ1) is 8.74. The molecule has 3 atom stereocenters. The lowest BCUT2D eigenvalue weighted by Crippen LogP contribution is -2.31. The summed E-state index contributed by atoms with van der Waals surface area (Å²) in [5.41, 5.74) is 1.22. The molecule has 1 aliphatic rings. The van der Waals surface area contributed by atoms with Crippen molar-refractivity contribution < 1.29 is 0 Å². The van der Waals surface area contributed by atoms with Crippen molar-refractivity contribution in [3.63, 3.8) is 0 Å². The van der Waals surface area contributed by atoms with Gasteiger partial charge in [0, 0.05) is 13.2 Å². The summed E-state index contributed by atoms with van der Waals surface area (Å²) in [5, 5.41) is 3.65. The highest BCUT2D eigenvalue weighted by atomic mass is 15.0. The summed E-state index contributed by atoms with van der Waals surface area (Å²) in [6, 6.07) is 0.450. The lowest BCUT2D eigenvalue weighted by Gasteiger charge is -2.34. The molecule has 1 N–H and O–H groups in total. The average Bonchev–Trinajstić information content (AvgIpc) is 2.82. The summed E-state index contributed by atoms with van der Waals surface area (Å²) in [4.78, 5) is 4.56. The molecule has 0 saturated heterocycles. The van der Waals surface area contributed by atoms with Gasteiger partial charge in [-0.1, -0.05) is 33.1 Å². The Morgan fingerprint density at radius 2 is 2.28 bits per heavy atom. The van der Waals surface area contributed by atoms with Crippen molar-refractivity contribution in [2.24, 2.45) is 18.9 Å². The Morgan fingerprint density at radius 3 is 2.89 bits per heavy atom. The third-order valence-corrected chi connectivity index (χ3v) is 4.34. The van der Waals surface area contributed by atoms with Gasteiger partial charge in [-0.05, 0) is 31.2 Å². The first kappa shape index (κ1) is 13.6. The van der Waals surface area contributed by atoms with E-state index in [4.69, 9.17) is 0 Å². The number of rotatable bonds is 5. The van der Waals surface area contributed by atoms with E-state index in [1.165, 1.54) is 37.8 Å². The number of imidazole rings is 1. The molecule has 0 radical (unpaired) electrons. The summed E-state index contributed by atoms with van der Waals surface area (Å²) >= 11 is 0. The smallest absolute Gasteiger partial charge is 0.0947 e. The van der Waals surface area contributed by atoms with E-state index < -0.39 is 0 Å². The average molecular weight is 249 g/mol. The van der Waals surface area contributed by atoms with Crippen LogP contribution in [0.5, 0.6) is 0 Å². The van der Waals surface area contributed by atoms with Crippen molar-refractivity contribution >= 4 is 0 Å². The largest absolute Gasteiger partial charge is 0.340 e. The Bertz CT molecular complexity index is 358. The molecule has 102 valence electrons. The van der Waals surface area contributed by atoms with Gasteiger partial charge in [0.1, 0.15) is 0 Å². The standard InChI is InChI=1S/C15H27N3/c1-4-12-7-6-8-13(9-12)15(16-5-2)14-10-18(3)11-17-14/h10-13,15-16H,4-9H2,1-3H3. The van der Waals surface area contributed by atoms with Crippen LogP contribution in [0.2, 0.25) is 0 Å². The molecule has 3 heteroatoms. The zero-order valence-corrected chi connectivity index (χ0v) is 12.0. The maximum Gasteiger partial charge on any atom is 0.0947 e. The van der Waals surface area contributed by atoms with Gasteiger partial charge in [0.15, 0.2) is 0 Å². The van der Waals surface area contributed by atoms with Crippen molar-refractivity contribution in [2.45, 2.75) is 52.0 Å². The second-order valence-electron chi connectivity index (χ2n) is 5.70. The van der Waals surface area contributed by atoms with Crippen LogP contribution in [0.4, 0.5) is 0 Å². The van der Waals surface area contributed by atoms with E-state index in [9.17, 15) is 0 Å². The van der Waals surface area contributed by atoms with Crippen molar-refractivity contribution in [3.8, 4) is 0 Å². The third kappa shape index (κ3) is 3.14. The monoisotopic (exact) mass is 249 g/mol. The minimum absolute atomic E-state index is 0.450. The fraction of sp³-hybridized carbons (Fsp3) is 0.800. The summed E-state index contributed by atoms with van der Waals surface area (Å²) in [6.07, 6.45) is 10.9. The highest BCUT2D eigenvalue weighted by molar-refractivity contribution is 5.06. The van der Waals surface area contributed by atoms with Crippen LogP contribution >= 0.6 is 0 Å². The summed E-state index contributed by atoms with van der Waals surface area (Å²) < 4.78 is 2.06. The van der Waals surface area contributed by atoms with Gasteiger partial charge in [-0.2, -0.15) is 0 Å². The van der Waals surface area contributed by atoms with Gasteiger partial charge >= 0.3 is 0 Å². The molecule has 0 aromatic carbocycles. The minimum Gasteiger partial charge on any atom is -0.340 e. The second kappa shape index (κ2) is 6.37. The zero-order valence-electron chi connectivity index (χ0n) is 12.0. The van der Waals surface area contributed by atoms with Crippen molar-refractivity contribution in [2.75, 3.05) is 6.54 Å². The van der Waals surface area contributed by atoms with Crippen LogP contribution in [0, 0.1) is 11.8 Å². The number of aryl methyl sites for hydroxylation is 1. The fourth-order valence-corrected chi connectivity index (χ4v) is 3.33. The number of nitrogens with one attached hydrogen (secondary N) is 1. The van der Waals surface area contributed by atoms with Crippen LogP contribution in [0.25, 0.3) is 0 Å². The molecule has 1 aromatic rings. The molecule has 1 fully saturated rings. The molecule has 1 aliphatic carbocycles. The van der Waals surface area contributed by atoms with Crippen LogP contribution < -0.4 is 5.32 Å². The second-order valence-corrected chi connectivity index (χ2v) is 5.70. The highest BCUT2D eigenvalue weighted by Gasteiger charge is 2.29. The van der Waals surface area contributed by atoms with Crippen molar-refractivity contribution in [1.82, 2.24) is 14.9 Å². The fourth-order valence-electron chi connectivity index (χ4n) is 3.33. The molecule has 1 aromatic heterocycles. The van der Waals surface area contributed by atoms with E-state index in [1.54, 1.807) is 0 Å². The molecule has 0 aliphatic heterocycles. The maximum atomic E-state index is 4.56. The number of aromatic nitrogens is 2. The van der Waals surface area contributed by atoms with E-state index >= 15 is 0 Å². The van der Waals surface area contributed by atoms with Crippen molar-refractivity contribution in [1.29, 1.82) is 0 Å². The Labute approximate surface area is 111 Å². The van der Waals surface area contributed by atoms with Crippen LogP contribution in [-0.2, 0) is 7.05 Å². The number of nitrogens with zero attached hydrogens (tertiary/aromatic N) is 2. The molecular formula is C15H27N3. The van der Waals surface area contributed by atoms with Gasteiger partial charge in [-0.3, -0.25) is 0 Å². The molecule has 18 heavy (non-hydrogen) atoms. The molecule has 0 amide bonds. The molecule has 3 unspecified atom stereocenters. The molecule has 1 heterocycles. The third-order valence-electron chi connectivity index (χ3n) is 4.34. The first-order valence-corrected chi connectivity index (χ1v) is 7.45. The van der Waals surface area contributed by atoms with E-state index in [0.29, 0.717) is 6.04 Å². The first-order valence-electron chi connectivity index (χ1n) is 7.45. The van der Waals surface area contributed by atoms with Gasteiger partial charge in [-0.15, -0.1) is 0 Å². The quantitative estimate of drug-likeness (QED) is 0.868. The van der Waals surface area contributed by atoms with Crippen LogP contribution in [0.1, 0.15) is 57.7 Å². The molecule has 0 bridgehead atoms. The Kier molecular flexibility index (Phi) is 4.81. The molecular weight excluding hydrogens is 222 g/mol. The topological polar surface area (TPSA) is 29.9 Å². The summed E-state index contributed by atoms with van der Waals surface area (Å²) in [6.45, 7) is 5.54. The van der Waals surface area contributed by atoms with E-state index in [0.717, 1.165) is 18.4 Å². The predicted octanol–water partition coefficient (Wildman–Crippen LogP) is 3.29. The van der Waals surface area contributed by atoms with E-state index in [2.05, 4.69) is 42.0 Å². The molecule has 2 rings (SSSR count). The van der Waals surface area contributed by atoms with Gasteiger partial charge < -0.3 is 9.88 Å². The van der Waals surface area contributed by atoms with Crippen LogP contribution in [0.3, 0.4) is 0 Å². The molecule has 1 saturated carbocycles.